The Labute approximate surface area is 80.4 Å². The Morgan fingerprint density at radius 1 is 1.67 bits per heavy atom. The van der Waals surface area contributed by atoms with Gasteiger partial charge in [-0.25, -0.2) is 4.98 Å². The molecule has 0 aliphatic carbocycles. The predicted octanol–water partition coefficient (Wildman–Crippen LogP) is 2.47. The highest BCUT2D eigenvalue weighted by molar-refractivity contribution is 8.00. The molecule has 0 aliphatic heterocycles. The summed E-state index contributed by atoms with van der Waals surface area (Å²) in [6.45, 7) is 3.83. The molecule has 0 fully saturated rings. The molecule has 0 atom stereocenters. The van der Waals surface area contributed by atoms with E-state index in [0.29, 0.717) is 5.69 Å². The van der Waals surface area contributed by atoms with E-state index in [1.165, 1.54) is 11.3 Å². The van der Waals surface area contributed by atoms with Gasteiger partial charge in [-0.15, -0.1) is 11.3 Å². The Hall–Kier alpha value is -0.350. The third-order valence-corrected chi connectivity index (χ3v) is 3.51. The van der Waals surface area contributed by atoms with E-state index >= 15 is 0 Å². The Kier molecular flexibility index (Phi) is 2.90. The molecule has 0 aliphatic rings. The van der Waals surface area contributed by atoms with Crippen molar-refractivity contribution in [1.29, 1.82) is 0 Å². The second kappa shape index (κ2) is 3.58. The number of nitrogens with zero attached hydrogens (tertiary/aromatic N) is 1. The Bertz CT molecular complexity index is 267. The van der Waals surface area contributed by atoms with E-state index in [1.807, 2.05) is 20.1 Å². The minimum atomic E-state index is -0.353. The van der Waals surface area contributed by atoms with Crippen LogP contribution in [0.1, 0.15) is 24.3 Å². The molecule has 2 nitrogen and oxygen atoms in total. The van der Waals surface area contributed by atoms with Crippen molar-refractivity contribution in [2.75, 3.05) is 6.26 Å². The van der Waals surface area contributed by atoms with Crippen LogP contribution in [-0.2, 0) is 0 Å². The number of thiazole rings is 1. The molecule has 1 heterocycles. The van der Waals surface area contributed by atoms with Gasteiger partial charge in [0, 0.05) is 5.38 Å². The number of hydrogen-bond acceptors (Lipinski definition) is 4. The van der Waals surface area contributed by atoms with Crippen molar-refractivity contribution >= 4 is 28.9 Å². The van der Waals surface area contributed by atoms with Crippen molar-refractivity contribution in [2.24, 2.45) is 0 Å². The van der Waals surface area contributed by atoms with Crippen molar-refractivity contribution < 1.29 is 4.79 Å². The Balaban J connectivity index is 2.86. The third-order valence-electron chi connectivity index (χ3n) is 1.72. The van der Waals surface area contributed by atoms with E-state index in [9.17, 15) is 4.79 Å². The first kappa shape index (κ1) is 9.74. The maximum Gasteiger partial charge on any atom is 0.197 e. The van der Waals surface area contributed by atoms with E-state index in [2.05, 4.69) is 4.98 Å². The highest BCUT2D eigenvalue weighted by atomic mass is 32.2. The van der Waals surface area contributed by atoms with Crippen LogP contribution in [0.2, 0.25) is 0 Å². The number of rotatable bonds is 3. The molecule has 4 heteroatoms. The first-order chi connectivity index (χ1) is 5.58. The quantitative estimate of drug-likeness (QED) is 0.704. The molecule has 0 radical (unpaired) electrons. The van der Waals surface area contributed by atoms with Gasteiger partial charge in [0.1, 0.15) is 5.69 Å². The van der Waals surface area contributed by atoms with Gasteiger partial charge in [-0.05, 0) is 20.1 Å². The average molecular weight is 201 g/mol. The normalized spacial score (nSPS) is 11.6. The fraction of sp³-hybridized carbons (Fsp3) is 0.500. The highest BCUT2D eigenvalue weighted by Crippen LogP contribution is 2.25. The average Bonchev–Trinajstić information content (AvgIpc) is 2.55. The Morgan fingerprint density at radius 3 is 2.75 bits per heavy atom. The fourth-order valence-corrected chi connectivity index (χ4v) is 1.55. The predicted molar refractivity (Wildman–Crippen MR) is 54.0 cm³/mol. The SMILES string of the molecule is CSC(C)(C)C(=O)c1cscn1. The molecule has 0 N–H and O–H groups in total. The van der Waals surface area contributed by atoms with E-state index in [1.54, 1.807) is 22.7 Å². The van der Waals surface area contributed by atoms with Gasteiger partial charge >= 0.3 is 0 Å². The second-order valence-corrected chi connectivity index (χ2v) is 5.06. The molecule has 0 spiro atoms. The maximum absolute atomic E-state index is 11.7. The van der Waals surface area contributed by atoms with Crippen molar-refractivity contribution in [2.45, 2.75) is 18.6 Å². The lowest BCUT2D eigenvalue weighted by Gasteiger charge is -2.18. The lowest BCUT2D eigenvalue weighted by molar-refractivity contribution is 0.0954. The van der Waals surface area contributed by atoms with Gasteiger partial charge in [-0.1, -0.05) is 0 Å². The monoisotopic (exact) mass is 201 g/mol. The molecular formula is C8H11NOS2. The molecule has 1 rings (SSSR count). The van der Waals surface area contributed by atoms with Crippen LogP contribution < -0.4 is 0 Å². The summed E-state index contributed by atoms with van der Waals surface area (Å²) < 4.78 is -0.353. The summed E-state index contributed by atoms with van der Waals surface area (Å²) in [5, 5.41) is 1.79. The molecule has 1 aromatic rings. The first-order valence-electron chi connectivity index (χ1n) is 3.56. The lowest BCUT2D eigenvalue weighted by Crippen LogP contribution is -2.27. The number of Topliss-reactive ketones (excluding diaryl/α,β-unsaturated/α-hetero) is 1. The summed E-state index contributed by atoms with van der Waals surface area (Å²) in [6, 6.07) is 0. The van der Waals surface area contributed by atoms with Crippen molar-refractivity contribution in [3.8, 4) is 0 Å². The van der Waals surface area contributed by atoms with Gasteiger partial charge in [-0.2, -0.15) is 11.8 Å². The van der Waals surface area contributed by atoms with Crippen molar-refractivity contribution in [1.82, 2.24) is 4.98 Å². The van der Waals surface area contributed by atoms with Crippen molar-refractivity contribution in [3.63, 3.8) is 0 Å². The van der Waals surface area contributed by atoms with Gasteiger partial charge in [0.2, 0.25) is 0 Å². The zero-order valence-corrected chi connectivity index (χ0v) is 8.96. The molecule has 0 saturated heterocycles. The molecule has 0 bridgehead atoms. The van der Waals surface area contributed by atoms with Crippen LogP contribution >= 0.6 is 23.1 Å². The molecule has 0 saturated carbocycles. The molecule has 66 valence electrons. The number of aromatic nitrogens is 1. The van der Waals surface area contributed by atoms with Gasteiger partial charge in [0.05, 0.1) is 10.3 Å². The van der Waals surface area contributed by atoms with Gasteiger partial charge in [0.25, 0.3) is 0 Å². The lowest BCUT2D eigenvalue weighted by atomic mass is 10.1. The van der Waals surface area contributed by atoms with Crippen LogP contribution in [0.5, 0.6) is 0 Å². The van der Waals surface area contributed by atoms with Gasteiger partial charge in [-0.3, -0.25) is 4.79 Å². The molecule has 12 heavy (non-hydrogen) atoms. The third kappa shape index (κ3) is 1.87. The maximum atomic E-state index is 11.7. The fourth-order valence-electron chi connectivity index (χ4n) is 0.726. The first-order valence-corrected chi connectivity index (χ1v) is 5.73. The summed E-state index contributed by atoms with van der Waals surface area (Å²) in [6.07, 6.45) is 1.93. The number of hydrogen-bond donors (Lipinski definition) is 0. The van der Waals surface area contributed by atoms with Crippen LogP contribution in [0, 0.1) is 0 Å². The minimum Gasteiger partial charge on any atom is -0.291 e. The number of carbonyl (C=O) groups excluding carboxylic acids is 1. The number of thioether (sulfide) groups is 1. The largest absolute Gasteiger partial charge is 0.291 e. The van der Waals surface area contributed by atoms with Crippen LogP contribution in [0.15, 0.2) is 10.9 Å². The Morgan fingerprint density at radius 2 is 2.33 bits per heavy atom. The van der Waals surface area contributed by atoms with Crippen LogP contribution in [-0.4, -0.2) is 21.8 Å². The molecule has 1 aromatic heterocycles. The van der Waals surface area contributed by atoms with Gasteiger partial charge < -0.3 is 0 Å². The molecule has 0 unspecified atom stereocenters. The summed E-state index contributed by atoms with van der Waals surface area (Å²) in [4.78, 5) is 15.7. The smallest absolute Gasteiger partial charge is 0.197 e. The van der Waals surface area contributed by atoms with Crippen molar-refractivity contribution in [3.05, 3.63) is 16.6 Å². The summed E-state index contributed by atoms with van der Waals surface area (Å²) in [5.74, 6) is 0.108. The topological polar surface area (TPSA) is 30.0 Å². The zero-order valence-electron chi connectivity index (χ0n) is 7.33. The molecular weight excluding hydrogens is 190 g/mol. The molecule has 0 aromatic carbocycles. The van der Waals surface area contributed by atoms with E-state index in [0.717, 1.165) is 0 Å². The summed E-state index contributed by atoms with van der Waals surface area (Å²) in [7, 11) is 0. The minimum absolute atomic E-state index is 0.108. The number of carbonyl (C=O) groups is 1. The van der Waals surface area contributed by atoms with Crippen LogP contribution in [0.25, 0.3) is 0 Å². The summed E-state index contributed by atoms with van der Waals surface area (Å²) >= 11 is 3.00. The number of ketones is 1. The van der Waals surface area contributed by atoms with Crippen LogP contribution in [0.4, 0.5) is 0 Å². The van der Waals surface area contributed by atoms with E-state index in [-0.39, 0.29) is 10.5 Å². The second-order valence-electron chi connectivity index (χ2n) is 2.92. The standard InChI is InChI=1S/C8H11NOS2/c1-8(2,11-3)7(10)6-4-12-5-9-6/h4-5H,1-3H3. The van der Waals surface area contributed by atoms with E-state index in [4.69, 9.17) is 0 Å². The summed E-state index contributed by atoms with van der Waals surface area (Å²) in [5.41, 5.74) is 2.27. The zero-order chi connectivity index (χ0) is 9.19. The van der Waals surface area contributed by atoms with Gasteiger partial charge in [0.15, 0.2) is 5.78 Å². The van der Waals surface area contributed by atoms with E-state index < -0.39 is 0 Å². The van der Waals surface area contributed by atoms with Crippen LogP contribution in [0.3, 0.4) is 0 Å². The highest BCUT2D eigenvalue weighted by Gasteiger charge is 2.28. The molecule has 0 amide bonds.